The Morgan fingerprint density at radius 3 is 0.647 bits per heavy atom. The topological polar surface area (TPSA) is 223 Å². The van der Waals surface area contributed by atoms with E-state index in [0.717, 1.165) is 0 Å². The van der Waals surface area contributed by atoms with Crippen molar-refractivity contribution in [2.75, 3.05) is 0 Å². The second-order valence-electron chi connectivity index (χ2n) is 1.67. The molecule has 0 bridgehead atoms. The van der Waals surface area contributed by atoms with Crippen LogP contribution in [0.15, 0.2) is 0 Å². The van der Waals surface area contributed by atoms with E-state index in [-0.39, 0.29) is 19.5 Å². The standard InChI is InChI=1S/2H2O6S2.Zn/c2*1-7(2,3)8(4,5)6;/h2*(H,1,2,3)(H,4,5,6);/q;;+2/p-2. The molecule has 12 nitrogen and oxygen atoms in total. The maximum absolute atomic E-state index is 9.31. The van der Waals surface area contributed by atoms with Crippen LogP contribution in [0.5, 0.6) is 0 Å². The van der Waals surface area contributed by atoms with Gasteiger partial charge in [0.2, 0.25) is 18.3 Å². The minimum Gasteiger partial charge on any atom is -0.734 e. The van der Waals surface area contributed by atoms with Crippen LogP contribution < -0.4 is 0 Å². The van der Waals surface area contributed by atoms with Crippen molar-refractivity contribution in [2.45, 2.75) is 0 Å². The molecule has 0 radical (unpaired) electrons. The van der Waals surface area contributed by atoms with Crippen LogP contribution in [0.1, 0.15) is 0 Å². The van der Waals surface area contributed by atoms with Gasteiger partial charge in [-0.25, -0.2) is 16.8 Å². The van der Waals surface area contributed by atoms with Crippen molar-refractivity contribution in [3.05, 3.63) is 0 Å². The Kier molecular flexibility index (Phi) is 8.50. The van der Waals surface area contributed by atoms with Gasteiger partial charge in [-0.2, -0.15) is 16.8 Å². The van der Waals surface area contributed by atoms with Crippen LogP contribution in [-0.2, 0) is 56.1 Å². The molecule has 0 heterocycles. The first-order valence-corrected chi connectivity index (χ1v) is 9.10. The molecule has 0 aromatic carbocycles. The molecule has 17 heavy (non-hydrogen) atoms. The zero-order valence-corrected chi connectivity index (χ0v) is 13.6. The second kappa shape index (κ2) is 6.44. The zero-order chi connectivity index (χ0) is 14.0. The SMILES string of the molecule is O=S(=O)([O-])S(=O)(=O)O.O=S(=O)([O-])S(=O)(=O)O.[Zn+2]. The second-order valence-corrected chi connectivity index (χ2v) is 9.99. The molecule has 100 valence electrons. The van der Waals surface area contributed by atoms with Gasteiger partial charge in [-0.1, -0.05) is 0 Å². The molecule has 0 spiro atoms. The van der Waals surface area contributed by atoms with Gasteiger partial charge in [0, 0.05) is 0 Å². The predicted octanol–water partition coefficient (Wildman–Crippen LogP) is -3.33. The summed E-state index contributed by atoms with van der Waals surface area (Å²) >= 11 is 0. The summed E-state index contributed by atoms with van der Waals surface area (Å²) < 4.78 is 108. The van der Waals surface area contributed by atoms with Crippen LogP contribution in [0.3, 0.4) is 0 Å². The molecule has 0 unspecified atom stereocenters. The van der Waals surface area contributed by atoms with E-state index in [9.17, 15) is 42.8 Å². The van der Waals surface area contributed by atoms with Gasteiger partial charge in [-0.05, 0) is 0 Å². The van der Waals surface area contributed by atoms with E-state index in [1.54, 1.807) is 0 Å². The van der Waals surface area contributed by atoms with Crippen molar-refractivity contribution in [1.29, 1.82) is 0 Å². The molecule has 0 rings (SSSR count). The van der Waals surface area contributed by atoms with Crippen LogP contribution in [0, 0.1) is 0 Å². The van der Waals surface area contributed by atoms with Crippen LogP contribution in [0.25, 0.3) is 0 Å². The van der Waals surface area contributed by atoms with Crippen LogP contribution in [0.2, 0.25) is 0 Å². The van der Waals surface area contributed by atoms with Gasteiger partial charge in [-0.15, -0.1) is 0 Å². The molecule has 0 aliphatic heterocycles. The number of hydrogen-bond acceptors (Lipinski definition) is 10. The van der Waals surface area contributed by atoms with Crippen molar-refractivity contribution in [3.63, 3.8) is 0 Å². The molecular weight excluding hydrogens is 386 g/mol. The van der Waals surface area contributed by atoms with Gasteiger partial charge in [-0.3, -0.25) is 9.11 Å². The van der Waals surface area contributed by atoms with Crippen molar-refractivity contribution in [3.8, 4) is 0 Å². The molecular formula is H2O12S4Zn. The Bertz CT molecular complexity index is 503. The molecule has 0 aromatic rings. The first-order chi connectivity index (χ1) is 6.50. The summed E-state index contributed by atoms with van der Waals surface area (Å²) in [6.07, 6.45) is 0. The summed E-state index contributed by atoms with van der Waals surface area (Å²) in [7, 11) is -22.0. The third-order valence-corrected chi connectivity index (χ3v) is 4.64. The third kappa shape index (κ3) is 9.92. The minimum absolute atomic E-state index is 0. The van der Waals surface area contributed by atoms with Gasteiger partial charge in [0.25, 0.3) is 0 Å². The van der Waals surface area contributed by atoms with Gasteiger partial charge in [0.05, 0.1) is 0 Å². The normalized spacial score (nSPS) is 12.9. The summed E-state index contributed by atoms with van der Waals surface area (Å²) in [4.78, 5) is 0. The maximum atomic E-state index is 9.31. The number of rotatable bonds is 2. The zero-order valence-electron chi connectivity index (χ0n) is 7.32. The van der Waals surface area contributed by atoms with E-state index in [1.165, 1.54) is 0 Å². The van der Waals surface area contributed by atoms with E-state index in [4.69, 9.17) is 9.11 Å². The van der Waals surface area contributed by atoms with Crippen LogP contribution in [-0.4, -0.2) is 51.9 Å². The van der Waals surface area contributed by atoms with Crippen LogP contribution >= 0.6 is 0 Å². The largest absolute Gasteiger partial charge is 2.00 e. The predicted molar refractivity (Wildman–Crippen MR) is 42.5 cm³/mol. The fraction of sp³-hybridized carbons (Fsp3) is 0. The van der Waals surface area contributed by atoms with Gasteiger partial charge in [0.15, 0.2) is 0 Å². The molecule has 0 saturated heterocycles. The summed E-state index contributed by atoms with van der Waals surface area (Å²) in [5.74, 6) is 0. The maximum Gasteiger partial charge on any atom is 2.00 e. The van der Waals surface area contributed by atoms with Gasteiger partial charge in [0.1, 0.15) is 0 Å². The van der Waals surface area contributed by atoms with Gasteiger partial charge < -0.3 is 9.11 Å². The summed E-state index contributed by atoms with van der Waals surface area (Å²) in [5.41, 5.74) is 0. The van der Waals surface area contributed by atoms with Crippen molar-refractivity contribution in [2.24, 2.45) is 0 Å². The smallest absolute Gasteiger partial charge is 0.734 e. The summed E-state index contributed by atoms with van der Waals surface area (Å²) in [6, 6.07) is 0. The molecule has 0 aromatic heterocycles. The quantitative estimate of drug-likeness (QED) is 0.269. The third-order valence-electron chi connectivity index (χ3n) is 0.516. The van der Waals surface area contributed by atoms with Crippen molar-refractivity contribution in [1.82, 2.24) is 0 Å². The Labute approximate surface area is 108 Å². The van der Waals surface area contributed by atoms with E-state index >= 15 is 0 Å². The fourth-order valence-electron chi connectivity index (χ4n) is 0. The average Bonchev–Trinajstić information content (AvgIpc) is 1.77. The minimum atomic E-state index is -5.56. The van der Waals surface area contributed by atoms with E-state index in [2.05, 4.69) is 0 Å². The first-order valence-electron chi connectivity index (χ1n) is 2.37. The van der Waals surface area contributed by atoms with Gasteiger partial charge >= 0.3 is 37.8 Å². The summed E-state index contributed by atoms with van der Waals surface area (Å²) in [5, 5.41) is 0. The van der Waals surface area contributed by atoms with E-state index in [0.29, 0.717) is 0 Å². The summed E-state index contributed by atoms with van der Waals surface area (Å²) in [6.45, 7) is 0. The number of hydrogen-bond donors (Lipinski definition) is 2. The Morgan fingerprint density at radius 2 is 0.647 bits per heavy atom. The monoisotopic (exact) mass is 386 g/mol. The first kappa shape index (κ1) is 22.4. The average molecular weight is 388 g/mol. The molecule has 0 fully saturated rings. The molecule has 17 heteroatoms. The van der Waals surface area contributed by atoms with Crippen molar-refractivity contribution < 1.29 is 71.4 Å². The Hall–Kier alpha value is 0.263. The molecule has 0 saturated carbocycles. The molecule has 0 aliphatic carbocycles. The molecule has 0 atom stereocenters. The molecule has 0 amide bonds. The van der Waals surface area contributed by atoms with E-state index in [1.807, 2.05) is 0 Å². The Morgan fingerprint density at radius 1 is 0.588 bits per heavy atom. The van der Waals surface area contributed by atoms with Crippen LogP contribution in [0.4, 0.5) is 0 Å². The fourth-order valence-corrected chi connectivity index (χ4v) is 0. The Balaban J connectivity index is -0.000000218. The van der Waals surface area contributed by atoms with E-state index < -0.39 is 36.6 Å². The van der Waals surface area contributed by atoms with Crippen molar-refractivity contribution >= 4 is 36.6 Å². The molecule has 0 aliphatic rings. The molecule has 2 N–H and O–H groups in total.